The van der Waals surface area contributed by atoms with Crippen LogP contribution in [0.25, 0.3) is 0 Å². The predicted octanol–water partition coefficient (Wildman–Crippen LogP) is 2.62. The van der Waals surface area contributed by atoms with Crippen LogP contribution < -0.4 is 10.6 Å². The van der Waals surface area contributed by atoms with Gasteiger partial charge in [0.25, 0.3) is 0 Å². The van der Waals surface area contributed by atoms with E-state index < -0.39 is 0 Å². The van der Waals surface area contributed by atoms with Crippen molar-refractivity contribution >= 4 is 17.3 Å². The monoisotopic (exact) mass is 333 g/mol. The predicted molar refractivity (Wildman–Crippen MR) is 97.9 cm³/mol. The Morgan fingerprint density at radius 1 is 1.26 bits per heavy atom. The Morgan fingerprint density at radius 2 is 2.04 bits per heavy atom. The molecule has 2 heterocycles. The highest BCUT2D eigenvalue weighted by molar-refractivity contribution is 7.09. The van der Waals surface area contributed by atoms with E-state index in [4.69, 9.17) is 0 Å². The summed E-state index contributed by atoms with van der Waals surface area (Å²) in [6.07, 6.45) is 4.92. The molecule has 0 radical (unpaired) electrons. The lowest BCUT2D eigenvalue weighted by Crippen LogP contribution is -2.41. The maximum Gasteiger partial charge on any atom is 0.190 e. The first kappa shape index (κ1) is 17.5. The van der Waals surface area contributed by atoms with Gasteiger partial charge >= 0.3 is 0 Å². The van der Waals surface area contributed by atoms with Gasteiger partial charge in [-0.15, -0.1) is 11.3 Å². The maximum absolute atomic E-state index is 4.30. The number of aliphatic imine (C=N–C) groups is 1. The van der Waals surface area contributed by atoms with Gasteiger partial charge in [0.1, 0.15) is 0 Å². The van der Waals surface area contributed by atoms with Gasteiger partial charge in [0, 0.05) is 44.0 Å². The standard InChI is InChI=1S/C17H27N5S/c1-14(10-16-6-4-9-23-16)11-19-17(18-3)20-12-15(2)13-22-8-5-7-21-22/h4-9,14-15H,10-13H2,1-3H3,(H2,18,19,20). The molecule has 2 aromatic rings. The van der Waals surface area contributed by atoms with Gasteiger partial charge in [0.05, 0.1) is 0 Å². The van der Waals surface area contributed by atoms with Crippen molar-refractivity contribution in [2.24, 2.45) is 16.8 Å². The van der Waals surface area contributed by atoms with Crippen molar-refractivity contribution in [2.75, 3.05) is 20.1 Å². The van der Waals surface area contributed by atoms with Gasteiger partial charge in [-0.05, 0) is 35.8 Å². The smallest absolute Gasteiger partial charge is 0.190 e. The van der Waals surface area contributed by atoms with E-state index in [0.29, 0.717) is 11.8 Å². The van der Waals surface area contributed by atoms with Crippen molar-refractivity contribution in [1.82, 2.24) is 20.4 Å². The molecule has 0 saturated heterocycles. The molecule has 2 atom stereocenters. The van der Waals surface area contributed by atoms with E-state index in [2.05, 4.69) is 52.1 Å². The SMILES string of the molecule is CN=C(NCC(C)Cc1cccs1)NCC(C)Cn1cccn1. The number of guanidine groups is 1. The molecule has 126 valence electrons. The van der Waals surface area contributed by atoms with Crippen LogP contribution in [0, 0.1) is 11.8 Å². The molecule has 2 N–H and O–H groups in total. The first-order valence-electron chi connectivity index (χ1n) is 8.11. The fourth-order valence-electron chi connectivity index (χ4n) is 2.40. The fraction of sp³-hybridized carbons (Fsp3) is 0.529. The largest absolute Gasteiger partial charge is 0.356 e. The number of thiophene rings is 1. The zero-order chi connectivity index (χ0) is 16.5. The summed E-state index contributed by atoms with van der Waals surface area (Å²) in [6.45, 7) is 7.18. The number of rotatable bonds is 8. The highest BCUT2D eigenvalue weighted by Gasteiger charge is 2.08. The molecule has 0 bridgehead atoms. The Bertz CT molecular complexity index is 514. The summed E-state index contributed by atoms with van der Waals surface area (Å²) < 4.78 is 1.96. The molecule has 0 aliphatic rings. The summed E-state index contributed by atoms with van der Waals surface area (Å²) in [6, 6.07) is 6.27. The van der Waals surface area contributed by atoms with Gasteiger partial charge in [-0.2, -0.15) is 5.10 Å². The van der Waals surface area contributed by atoms with E-state index in [-0.39, 0.29) is 0 Å². The Labute approximate surface area is 142 Å². The Balaban J connectivity index is 1.66. The van der Waals surface area contributed by atoms with Crippen LogP contribution in [0.1, 0.15) is 18.7 Å². The van der Waals surface area contributed by atoms with E-state index in [1.807, 2.05) is 41.5 Å². The molecular formula is C17H27N5S. The first-order valence-corrected chi connectivity index (χ1v) is 8.99. The van der Waals surface area contributed by atoms with Crippen LogP contribution in [-0.4, -0.2) is 35.9 Å². The lowest BCUT2D eigenvalue weighted by molar-refractivity contribution is 0.442. The number of nitrogens with zero attached hydrogens (tertiary/aromatic N) is 3. The normalized spacial score (nSPS) is 14.5. The molecule has 0 aliphatic carbocycles. The molecule has 0 fully saturated rings. The third kappa shape index (κ3) is 6.44. The summed E-state index contributed by atoms with van der Waals surface area (Å²) in [4.78, 5) is 5.74. The van der Waals surface area contributed by atoms with Gasteiger partial charge in [0.15, 0.2) is 5.96 Å². The average molecular weight is 334 g/mol. The zero-order valence-electron chi connectivity index (χ0n) is 14.2. The first-order chi connectivity index (χ1) is 11.2. The summed E-state index contributed by atoms with van der Waals surface area (Å²) in [5, 5.41) is 13.2. The quantitative estimate of drug-likeness (QED) is 0.577. The van der Waals surface area contributed by atoms with Crippen molar-refractivity contribution < 1.29 is 0 Å². The van der Waals surface area contributed by atoms with Crippen molar-refractivity contribution in [3.8, 4) is 0 Å². The minimum absolute atomic E-state index is 0.483. The second-order valence-corrected chi connectivity index (χ2v) is 7.09. The highest BCUT2D eigenvalue weighted by Crippen LogP contribution is 2.13. The molecular weight excluding hydrogens is 306 g/mol. The van der Waals surface area contributed by atoms with Crippen molar-refractivity contribution in [2.45, 2.75) is 26.8 Å². The van der Waals surface area contributed by atoms with Crippen LogP contribution in [0.2, 0.25) is 0 Å². The Hall–Kier alpha value is -1.82. The molecule has 6 heteroatoms. The van der Waals surface area contributed by atoms with Gasteiger partial charge in [0.2, 0.25) is 0 Å². The van der Waals surface area contributed by atoms with Crippen molar-refractivity contribution in [3.63, 3.8) is 0 Å². The fourth-order valence-corrected chi connectivity index (χ4v) is 3.27. The third-order valence-electron chi connectivity index (χ3n) is 3.65. The molecule has 0 amide bonds. The second kappa shape index (κ2) is 9.35. The van der Waals surface area contributed by atoms with E-state index in [0.717, 1.165) is 32.0 Å². The van der Waals surface area contributed by atoms with E-state index in [1.54, 1.807) is 0 Å². The molecule has 2 aromatic heterocycles. The topological polar surface area (TPSA) is 54.2 Å². The molecule has 5 nitrogen and oxygen atoms in total. The molecule has 0 aromatic carbocycles. The number of hydrogen-bond acceptors (Lipinski definition) is 3. The molecule has 2 unspecified atom stereocenters. The van der Waals surface area contributed by atoms with E-state index in [1.165, 1.54) is 4.88 Å². The molecule has 2 rings (SSSR count). The summed E-state index contributed by atoms with van der Waals surface area (Å²) in [5.74, 6) is 1.93. The van der Waals surface area contributed by atoms with Gasteiger partial charge in [-0.1, -0.05) is 19.9 Å². The lowest BCUT2D eigenvalue weighted by atomic mass is 10.1. The van der Waals surface area contributed by atoms with Crippen LogP contribution in [0.5, 0.6) is 0 Å². The minimum atomic E-state index is 0.483. The minimum Gasteiger partial charge on any atom is -0.356 e. The third-order valence-corrected chi connectivity index (χ3v) is 4.55. The van der Waals surface area contributed by atoms with Crippen molar-refractivity contribution in [3.05, 3.63) is 40.8 Å². The van der Waals surface area contributed by atoms with Gasteiger partial charge in [-0.3, -0.25) is 9.67 Å². The van der Waals surface area contributed by atoms with E-state index in [9.17, 15) is 0 Å². The summed E-state index contributed by atoms with van der Waals surface area (Å²) in [7, 11) is 1.82. The van der Waals surface area contributed by atoms with Crippen LogP contribution in [0.15, 0.2) is 41.0 Å². The highest BCUT2D eigenvalue weighted by atomic mass is 32.1. The Kier molecular flexibility index (Phi) is 7.13. The van der Waals surface area contributed by atoms with Gasteiger partial charge < -0.3 is 10.6 Å². The van der Waals surface area contributed by atoms with E-state index >= 15 is 0 Å². The molecule has 23 heavy (non-hydrogen) atoms. The molecule has 0 spiro atoms. The van der Waals surface area contributed by atoms with Crippen LogP contribution in [-0.2, 0) is 13.0 Å². The van der Waals surface area contributed by atoms with Crippen LogP contribution in [0.4, 0.5) is 0 Å². The molecule has 0 aliphatic heterocycles. The maximum atomic E-state index is 4.30. The number of hydrogen-bond donors (Lipinski definition) is 2. The zero-order valence-corrected chi connectivity index (χ0v) is 15.0. The number of aromatic nitrogens is 2. The number of nitrogens with one attached hydrogen (secondary N) is 2. The van der Waals surface area contributed by atoms with Crippen LogP contribution >= 0.6 is 11.3 Å². The Morgan fingerprint density at radius 3 is 2.65 bits per heavy atom. The summed E-state index contributed by atoms with van der Waals surface area (Å²) in [5.41, 5.74) is 0. The average Bonchev–Trinajstić information content (AvgIpc) is 3.21. The lowest BCUT2D eigenvalue weighted by Gasteiger charge is -2.18. The van der Waals surface area contributed by atoms with Gasteiger partial charge in [-0.25, -0.2) is 0 Å². The summed E-state index contributed by atoms with van der Waals surface area (Å²) >= 11 is 1.83. The van der Waals surface area contributed by atoms with Crippen molar-refractivity contribution in [1.29, 1.82) is 0 Å². The molecule has 0 saturated carbocycles. The van der Waals surface area contributed by atoms with Crippen LogP contribution in [0.3, 0.4) is 0 Å². The second-order valence-electron chi connectivity index (χ2n) is 6.06.